The van der Waals surface area contributed by atoms with Crippen molar-refractivity contribution in [3.63, 3.8) is 0 Å². The lowest BCUT2D eigenvalue weighted by Crippen LogP contribution is -2.40. The third-order valence-electron chi connectivity index (χ3n) is 3.73. The van der Waals surface area contributed by atoms with E-state index in [0.717, 1.165) is 25.0 Å². The highest BCUT2D eigenvalue weighted by molar-refractivity contribution is 7.90. The van der Waals surface area contributed by atoms with Crippen molar-refractivity contribution in [2.24, 2.45) is 0 Å². The maximum Gasteiger partial charge on any atom is 0.219 e. The van der Waals surface area contributed by atoms with Crippen LogP contribution in [0, 0.1) is 0 Å². The average molecular weight is 282 g/mol. The van der Waals surface area contributed by atoms with Crippen LogP contribution in [0.25, 0.3) is 0 Å². The normalized spacial score (nSPS) is 17.6. The summed E-state index contributed by atoms with van der Waals surface area (Å²) in [6.07, 6.45) is 4.85. The fourth-order valence-corrected chi connectivity index (χ4v) is 4.13. The zero-order valence-electron chi connectivity index (χ0n) is 11.7. The molecule has 0 unspecified atom stereocenters. The van der Waals surface area contributed by atoms with Gasteiger partial charge < -0.3 is 0 Å². The summed E-state index contributed by atoms with van der Waals surface area (Å²) in [5.74, 6) is 0. The van der Waals surface area contributed by atoms with Crippen molar-refractivity contribution in [2.45, 2.75) is 44.3 Å². The van der Waals surface area contributed by atoms with E-state index in [-0.39, 0.29) is 0 Å². The van der Waals surface area contributed by atoms with Gasteiger partial charge in [0.2, 0.25) is 10.0 Å². The Morgan fingerprint density at radius 3 is 2.58 bits per heavy atom. The zero-order valence-corrected chi connectivity index (χ0v) is 12.5. The van der Waals surface area contributed by atoms with Crippen LogP contribution < -0.4 is 0 Å². The summed E-state index contributed by atoms with van der Waals surface area (Å²) in [5, 5.41) is 0. The first-order chi connectivity index (χ1) is 8.99. The molecule has 19 heavy (non-hydrogen) atoms. The fourth-order valence-electron chi connectivity index (χ4n) is 2.13. The molecule has 0 bridgehead atoms. The Balaban J connectivity index is 2.05. The molecule has 1 aromatic rings. The quantitative estimate of drug-likeness (QED) is 0.770. The first kappa shape index (κ1) is 14.5. The molecule has 0 aromatic carbocycles. The smallest absolute Gasteiger partial charge is 0.219 e. The monoisotopic (exact) mass is 282 g/mol. The largest absolute Gasteiger partial charge is 0.261 e. The summed E-state index contributed by atoms with van der Waals surface area (Å²) in [4.78, 5) is 4.25. The summed E-state index contributed by atoms with van der Waals surface area (Å²) < 4.78 is 26.2. The Bertz CT molecular complexity index is 510. The Kier molecular flexibility index (Phi) is 4.26. The minimum Gasteiger partial charge on any atom is -0.261 e. The van der Waals surface area contributed by atoms with Crippen molar-refractivity contribution >= 4 is 10.0 Å². The first-order valence-corrected chi connectivity index (χ1v) is 8.33. The van der Waals surface area contributed by atoms with Gasteiger partial charge in [0.15, 0.2) is 0 Å². The van der Waals surface area contributed by atoms with Gasteiger partial charge in [0.25, 0.3) is 0 Å². The van der Waals surface area contributed by atoms with Crippen molar-refractivity contribution in [3.05, 3.63) is 30.1 Å². The van der Waals surface area contributed by atoms with E-state index < -0.39 is 14.8 Å². The summed E-state index contributed by atoms with van der Waals surface area (Å²) >= 11 is 0. The number of rotatable bonds is 7. The van der Waals surface area contributed by atoms with E-state index in [1.807, 2.05) is 32.0 Å². The van der Waals surface area contributed by atoms with E-state index in [4.69, 9.17) is 0 Å². The summed E-state index contributed by atoms with van der Waals surface area (Å²) in [7, 11) is -3.15. The Morgan fingerprint density at radius 2 is 2.05 bits per heavy atom. The lowest BCUT2D eigenvalue weighted by molar-refractivity contribution is 0.404. The highest BCUT2D eigenvalue weighted by Gasteiger charge is 2.52. The van der Waals surface area contributed by atoms with E-state index in [1.165, 1.54) is 0 Å². The number of pyridine rings is 1. The molecule has 0 atom stereocenters. The average Bonchev–Trinajstić information content (AvgIpc) is 3.15. The van der Waals surface area contributed by atoms with Crippen LogP contribution >= 0.6 is 0 Å². The Hall–Kier alpha value is -0.940. The van der Waals surface area contributed by atoms with Gasteiger partial charge in [-0.1, -0.05) is 13.0 Å². The van der Waals surface area contributed by atoms with Crippen LogP contribution in [0.3, 0.4) is 0 Å². The van der Waals surface area contributed by atoms with Crippen LogP contribution in [0.15, 0.2) is 24.4 Å². The molecule has 0 radical (unpaired) electrons. The highest BCUT2D eigenvalue weighted by atomic mass is 32.2. The predicted molar refractivity (Wildman–Crippen MR) is 76.4 cm³/mol. The van der Waals surface area contributed by atoms with Gasteiger partial charge >= 0.3 is 0 Å². The molecule has 0 saturated heterocycles. The van der Waals surface area contributed by atoms with Crippen molar-refractivity contribution in [3.8, 4) is 0 Å². The molecule has 2 rings (SSSR count). The standard InChI is InChI=1S/C14H22N2O2S/c1-3-11-16(19(17,18)14(2)8-9-14)12-7-13-6-4-5-10-15-13/h4-6,10H,3,7-9,11-12H2,1-2H3. The van der Waals surface area contributed by atoms with Gasteiger partial charge in [0, 0.05) is 31.4 Å². The fraction of sp³-hybridized carbons (Fsp3) is 0.643. The van der Waals surface area contributed by atoms with Crippen LogP contribution in [0.2, 0.25) is 0 Å². The molecular weight excluding hydrogens is 260 g/mol. The molecule has 1 aromatic heterocycles. The van der Waals surface area contributed by atoms with E-state index in [2.05, 4.69) is 4.98 Å². The van der Waals surface area contributed by atoms with E-state index in [1.54, 1.807) is 10.5 Å². The van der Waals surface area contributed by atoms with Gasteiger partial charge in [-0.15, -0.1) is 0 Å². The van der Waals surface area contributed by atoms with Crippen LogP contribution in [-0.2, 0) is 16.4 Å². The number of hydrogen-bond donors (Lipinski definition) is 0. The molecule has 106 valence electrons. The molecule has 1 heterocycles. The lowest BCUT2D eigenvalue weighted by atomic mass is 10.3. The molecule has 1 aliphatic carbocycles. The van der Waals surface area contributed by atoms with Crippen LogP contribution in [0.5, 0.6) is 0 Å². The topological polar surface area (TPSA) is 50.3 Å². The lowest BCUT2D eigenvalue weighted by Gasteiger charge is -2.25. The van der Waals surface area contributed by atoms with Gasteiger partial charge in [-0.05, 0) is 38.3 Å². The maximum atomic E-state index is 12.5. The molecule has 4 nitrogen and oxygen atoms in total. The second-order valence-electron chi connectivity index (χ2n) is 5.43. The SMILES string of the molecule is CCCN(CCc1ccccn1)S(=O)(=O)C1(C)CC1. The molecule has 0 spiro atoms. The second kappa shape index (κ2) is 5.59. The Labute approximate surface area is 115 Å². The molecule has 1 fully saturated rings. The van der Waals surface area contributed by atoms with Gasteiger partial charge in [0.1, 0.15) is 0 Å². The van der Waals surface area contributed by atoms with Crippen LogP contribution in [0.1, 0.15) is 38.8 Å². The summed E-state index contributed by atoms with van der Waals surface area (Å²) in [6, 6.07) is 5.74. The number of sulfonamides is 1. The van der Waals surface area contributed by atoms with Gasteiger partial charge in [-0.2, -0.15) is 0 Å². The van der Waals surface area contributed by atoms with Crippen molar-refractivity contribution in [1.82, 2.24) is 9.29 Å². The van der Waals surface area contributed by atoms with Gasteiger partial charge in [-0.25, -0.2) is 12.7 Å². The molecule has 0 amide bonds. The first-order valence-electron chi connectivity index (χ1n) is 6.89. The number of aromatic nitrogens is 1. The van der Waals surface area contributed by atoms with Crippen LogP contribution in [0.4, 0.5) is 0 Å². The molecule has 5 heteroatoms. The summed E-state index contributed by atoms with van der Waals surface area (Å²) in [6.45, 7) is 5.00. The van der Waals surface area contributed by atoms with Crippen molar-refractivity contribution < 1.29 is 8.42 Å². The molecule has 1 aliphatic rings. The van der Waals surface area contributed by atoms with Crippen molar-refractivity contribution in [2.75, 3.05) is 13.1 Å². The van der Waals surface area contributed by atoms with Gasteiger partial charge in [-0.3, -0.25) is 4.98 Å². The number of nitrogens with zero attached hydrogens (tertiary/aromatic N) is 2. The number of hydrogen-bond acceptors (Lipinski definition) is 3. The third-order valence-corrected chi connectivity index (χ3v) is 6.43. The Morgan fingerprint density at radius 1 is 1.32 bits per heavy atom. The van der Waals surface area contributed by atoms with Gasteiger partial charge in [0.05, 0.1) is 4.75 Å². The van der Waals surface area contributed by atoms with E-state index in [9.17, 15) is 8.42 Å². The van der Waals surface area contributed by atoms with Crippen LogP contribution in [-0.4, -0.2) is 35.5 Å². The van der Waals surface area contributed by atoms with E-state index >= 15 is 0 Å². The molecular formula is C14H22N2O2S. The molecule has 1 saturated carbocycles. The molecule has 0 N–H and O–H groups in total. The minimum atomic E-state index is -3.15. The zero-order chi connectivity index (χ0) is 13.9. The summed E-state index contributed by atoms with van der Waals surface area (Å²) in [5.41, 5.74) is 0.944. The predicted octanol–water partition coefficient (Wildman–Crippen LogP) is 2.22. The third kappa shape index (κ3) is 3.15. The second-order valence-corrected chi connectivity index (χ2v) is 7.88. The van der Waals surface area contributed by atoms with E-state index in [0.29, 0.717) is 19.5 Å². The molecule has 0 aliphatic heterocycles. The van der Waals surface area contributed by atoms with Crippen molar-refractivity contribution in [1.29, 1.82) is 0 Å². The minimum absolute atomic E-state index is 0.508. The maximum absolute atomic E-state index is 12.5. The highest BCUT2D eigenvalue weighted by Crippen LogP contribution is 2.44.